The largest absolute Gasteiger partial charge is 1.00 e. The van der Waals surface area contributed by atoms with Crippen molar-refractivity contribution in [2.75, 3.05) is 0 Å². The van der Waals surface area contributed by atoms with Gasteiger partial charge in [-0.25, -0.2) is 8.42 Å². The Morgan fingerprint density at radius 1 is 0.731 bits per heavy atom. The number of halogens is 1. The van der Waals surface area contributed by atoms with Crippen molar-refractivity contribution in [3.8, 4) is 0 Å². The van der Waals surface area contributed by atoms with E-state index < -0.39 is 10.1 Å². The van der Waals surface area contributed by atoms with Crippen LogP contribution in [0.3, 0.4) is 0 Å². The summed E-state index contributed by atoms with van der Waals surface area (Å²) >= 11 is 6.16. The Morgan fingerprint density at radius 3 is 1.65 bits per heavy atom. The molecule has 6 rings (SSSR count). The fraction of sp³-hybridized carbons (Fsp3) is 0.100. The number of rotatable bonds is 1. The molecule has 0 amide bonds. The summed E-state index contributed by atoms with van der Waals surface area (Å²) < 4.78 is 36.0. The first-order valence-electron chi connectivity index (χ1n) is 7.94. The van der Waals surface area contributed by atoms with Gasteiger partial charge in [-0.3, -0.25) is 0 Å². The fourth-order valence-corrected chi connectivity index (χ4v) is 5.71. The van der Waals surface area contributed by atoms with Gasteiger partial charge in [0.05, 0.1) is 9.92 Å². The van der Waals surface area contributed by atoms with E-state index in [9.17, 15) is 13.0 Å². The Kier molecular flexibility index (Phi) is 4.11. The second-order valence-corrected chi connectivity index (χ2v) is 8.18. The van der Waals surface area contributed by atoms with Crippen LogP contribution in [0.15, 0.2) is 65.6 Å². The third-order valence-corrected chi connectivity index (χ3v) is 6.63. The summed E-state index contributed by atoms with van der Waals surface area (Å²) in [6, 6.07) is 19.4. The van der Waals surface area contributed by atoms with Crippen LogP contribution in [0.5, 0.6) is 0 Å². The third kappa shape index (κ3) is 2.27. The molecular weight excluding hydrogens is 363 g/mol. The summed E-state index contributed by atoms with van der Waals surface area (Å²) in [5, 5.41) is -0.00346. The van der Waals surface area contributed by atoms with E-state index in [1.807, 2.05) is 42.5 Å². The van der Waals surface area contributed by atoms with Gasteiger partial charge >= 0.3 is 18.9 Å². The average Bonchev–Trinajstić information content (AvgIpc) is 2.60. The van der Waals surface area contributed by atoms with Crippen LogP contribution in [0.4, 0.5) is 0 Å². The molecule has 0 heterocycles. The maximum Gasteiger partial charge on any atom is 1.00 e. The van der Waals surface area contributed by atoms with E-state index >= 15 is 0 Å². The SMILES string of the molecule is O=S(=O)([O-])c1c(Cl)ccc2c1C1c3ccccc3C2c2ccccc21.[Li+]. The summed E-state index contributed by atoms with van der Waals surface area (Å²) in [5.74, 6) is -0.366. The maximum atomic E-state index is 12.0. The van der Waals surface area contributed by atoms with Gasteiger partial charge in [-0.1, -0.05) is 66.2 Å². The van der Waals surface area contributed by atoms with Gasteiger partial charge in [0.15, 0.2) is 0 Å². The Labute approximate surface area is 168 Å². The second kappa shape index (κ2) is 5.99. The van der Waals surface area contributed by atoms with Crippen molar-refractivity contribution in [2.45, 2.75) is 16.7 Å². The molecule has 26 heavy (non-hydrogen) atoms. The van der Waals surface area contributed by atoms with Crippen molar-refractivity contribution in [1.29, 1.82) is 0 Å². The molecule has 0 unspecified atom stereocenters. The van der Waals surface area contributed by atoms with Gasteiger partial charge in [0.2, 0.25) is 0 Å². The molecule has 0 saturated heterocycles. The molecule has 124 valence electrons. The topological polar surface area (TPSA) is 57.2 Å². The first-order chi connectivity index (χ1) is 12.0. The Bertz CT molecular complexity index is 1110. The minimum absolute atomic E-state index is 0. The molecule has 0 aliphatic heterocycles. The normalized spacial score (nSPS) is 19.2. The van der Waals surface area contributed by atoms with Crippen LogP contribution in [0.2, 0.25) is 5.02 Å². The van der Waals surface area contributed by atoms with Gasteiger partial charge in [-0.15, -0.1) is 0 Å². The van der Waals surface area contributed by atoms with Crippen molar-refractivity contribution < 1.29 is 31.8 Å². The molecule has 0 spiro atoms. The van der Waals surface area contributed by atoms with Crippen LogP contribution in [-0.2, 0) is 10.1 Å². The van der Waals surface area contributed by atoms with Crippen molar-refractivity contribution in [2.24, 2.45) is 0 Å². The van der Waals surface area contributed by atoms with Gasteiger partial charge in [-0.05, 0) is 39.4 Å². The van der Waals surface area contributed by atoms with E-state index in [0.29, 0.717) is 5.56 Å². The molecule has 0 N–H and O–H groups in total. The van der Waals surface area contributed by atoms with E-state index in [-0.39, 0.29) is 40.6 Å². The Hall–Kier alpha value is -1.54. The van der Waals surface area contributed by atoms with Crippen LogP contribution in [0.1, 0.15) is 45.2 Å². The summed E-state index contributed by atoms with van der Waals surface area (Å²) in [5.41, 5.74) is 5.83. The molecule has 0 radical (unpaired) electrons. The van der Waals surface area contributed by atoms with Gasteiger partial charge < -0.3 is 4.55 Å². The van der Waals surface area contributed by atoms with Crippen molar-refractivity contribution >= 4 is 21.7 Å². The molecule has 0 fully saturated rings. The zero-order chi connectivity index (χ0) is 17.3. The van der Waals surface area contributed by atoms with E-state index in [2.05, 4.69) is 12.1 Å². The molecular formula is C20H12ClLiO3S. The number of hydrogen-bond acceptors (Lipinski definition) is 3. The average molecular weight is 375 g/mol. The van der Waals surface area contributed by atoms with Gasteiger partial charge in [0.25, 0.3) is 0 Å². The van der Waals surface area contributed by atoms with Gasteiger partial charge in [0, 0.05) is 11.8 Å². The minimum Gasteiger partial charge on any atom is -0.744 e. The monoisotopic (exact) mass is 374 g/mol. The van der Waals surface area contributed by atoms with Crippen LogP contribution >= 0.6 is 11.6 Å². The van der Waals surface area contributed by atoms with Crippen molar-refractivity contribution in [3.63, 3.8) is 0 Å². The molecule has 2 bridgehead atoms. The quantitative estimate of drug-likeness (QED) is 0.327. The first-order valence-corrected chi connectivity index (χ1v) is 9.73. The molecule has 6 heteroatoms. The van der Waals surface area contributed by atoms with Crippen molar-refractivity contribution in [1.82, 2.24) is 0 Å². The molecule has 3 nitrogen and oxygen atoms in total. The number of hydrogen-bond donors (Lipinski definition) is 0. The molecule has 0 aromatic heterocycles. The number of benzene rings is 3. The van der Waals surface area contributed by atoms with Crippen LogP contribution in [0, 0.1) is 0 Å². The molecule has 3 aliphatic carbocycles. The zero-order valence-electron chi connectivity index (χ0n) is 13.9. The third-order valence-electron chi connectivity index (χ3n) is 5.27. The van der Waals surface area contributed by atoms with Crippen LogP contribution in [-0.4, -0.2) is 13.0 Å². The first kappa shape index (κ1) is 17.9. The zero-order valence-corrected chi connectivity index (χ0v) is 15.5. The van der Waals surface area contributed by atoms with E-state index in [0.717, 1.165) is 27.8 Å². The molecule has 3 aromatic carbocycles. The summed E-state index contributed by atoms with van der Waals surface area (Å²) in [6.45, 7) is 0. The second-order valence-electron chi connectivity index (χ2n) is 6.46. The molecule has 0 atom stereocenters. The van der Waals surface area contributed by atoms with Crippen LogP contribution in [0.25, 0.3) is 0 Å². The minimum atomic E-state index is -4.68. The Balaban J connectivity index is 0.00000168. The standard InChI is InChI=1S/C20H13ClO3S.Li/c21-16-10-9-15-17-11-5-1-3-7-13(11)18(14-8-4-2-6-12(14)17)19(15)20(16)25(22,23)24;/h1-10,17-18H,(H,22,23,24);/q;+1/p-1. The summed E-state index contributed by atoms with van der Waals surface area (Å²) in [7, 11) is -4.68. The van der Waals surface area contributed by atoms with E-state index in [4.69, 9.17) is 11.6 Å². The summed E-state index contributed by atoms with van der Waals surface area (Å²) in [6.07, 6.45) is 0. The summed E-state index contributed by atoms with van der Waals surface area (Å²) in [4.78, 5) is -0.273. The molecule has 3 aliphatic rings. The predicted molar refractivity (Wildman–Crippen MR) is 94.2 cm³/mol. The van der Waals surface area contributed by atoms with E-state index in [1.165, 1.54) is 6.07 Å². The van der Waals surface area contributed by atoms with Gasteiger partial charge in [0.1, 0.15) is 10.1 Å². The smallest absolute Gasteiger partial charge is 0.744 e. The van der Waals surface area contributed by atoms with E-state index in [1.54, 1.807) is 0 Å². The Morgan fingerprint density at radius 2 is 1.19 bits per heavy atom. The van der Waals surface area contributed by atoms with Gasteiger partial charge in [-0.2, -0.15) is 0 Å². The van der Waals surface area contributed by atoms with Crippen molar-refractivity contribution in [3.05, 3.63) is 99.1 Å². The predicted octanol–water partition coefficient (Wildman–Crippen LogP) is 1.24. The molecule has 0 saturated carbocycles. The fourth-order valence-electron chi connectivity index (χ4n) is 4.45. The maximum absolute atomic E-state index is 12.0. The van der Waals surface area contributed by atoms with Crippen LogP contribution < -0.4 is 18.9 Å². The molecule has 3 aromatic rings.